The molecule has 3 N–H and O–H groups in total. The molecule has 0 aliphatic heterocycles. The zero-order valence-corrected chi connectivity index (χ0v) is 12.9. The summed E-state index contributed by atoms with van der Waals surface area (Å²) in [6.45, 7) is 14.1. The van der Waals surface area contributed by atoms with Crippen molar-refractivity contribution in [2.45, 2.75) is 25.8 Å². The number of nitrogens with zero attached hydrogens (tertiary/aromatic N) is 1. The first kappa shape index (κ1) is 18.8. The van der Waals surface area contributed by atoms with Crippen molar-refractivity contribution in [1.82, 2.24) is 20.9 Å². The molecule has 0 saturated heterocycles. The predicted octanol–water partition coefficient (Wildman–Crippen LogP) is 0.710. The summed E-state index contributed by atoms with van der Waals surface area (Å²) in [4.78, 5) is 23.5. The number of hydrogen-bond acceptors (Lipinski definition) is 4. The fourth-order valence-electron chi connectivity index (χ4n) is 1.56. The molecule has 2 amide bonds. The van der Waals surface area contributed by atoms with Crippen molar-refractivity contribution >= 4 is 12.3 Å². The lowest BCUT2D eigenvalue weighted by Gasteiger charge is -2.18. The highest BCUT2D eigenvalue weighted by atomic mass is 16.2. The standard InChI is InChI=1S/C15H26N4O2/c1-6-16-15(21)14(4)18-13(3)10-17-12(2)8-7-9-19(5)11-20/h6,11,14,17-18H,1-3,7-10H2,4-5H3,(H,16,21). The summed E-state index contributed by atoms with van der Waals surface area (Å²) >= 11 is 0. The van der Waals surface area contributed by atoms with Gasteiger partial charge in [0.05, 0.1) is 6.54 Å². The average Bonchev–Trinajstić information content (AvgIpc) is 2.45. The molecule has 0 heterocycles. The molecule has 21 heavy (non-hydrogen) atoms. The Balaban J connectivity index is 3.86. The van der Waals surface area contributed by atoms with Crippen LogP contribution in [0.1, 0.15) is 19.8 Å². The van der Waals surface area contributed by atoms with E-state index in [9.17, 15) is 9.59 Å². The molecule has 1 unspecified atom stereocenters. The van der Waals surface area contributed by atoms with Crippen LogP contribution in [0.2, 0.25) is 0 Å². The maximum atomic E-state index is 11.5. The van der Waals surface area contributed by atoms with Crippen LogP contribution in [0.25, 0.3) is 0 Å². The van der Waals surface area contributed by atoms with E-state index in [0.717, 1.165) is 24.9 Å². The van der Waals surface area contributed by atoms with Gasteiger partial charge in [0.1, 0.15) is 6.04 Å². The Morgan fingerprint density at radius 2 is 2.00 bits per heavy atom. The van der Waals surface area contributed by atoms with Crippen molar-refractivity contribution in [1.29, 1.82) is 0 Å². The number of amides is 2. The van der Waals surface area contributed by atoms with Crippen LogP contribution in [-0.2, 0) is 9.59 Å². The van der Waals surface area contributed by atoms with Crippen LogP contribution in [0, 0.1) is 0 Å². The first-order valence-corrected chi connectivity index (χ1v) is 6.83. The lowest BCUT2D eigenvalue weighted by molar-refractivity contribution is -0.121. The van der Waals surface area contributed by atoms with E-state index in [0.29, 0.717) is 18.8 Å². The Morgan fingerprint density at radius 3 is 2.57 bits per heavy atom. The minimum atomic E-state index is -0.383. The van der Waals surface area contributed by atoms with Gasteiger partial charge in [-0.15, -0.1) is 0 Å². The van der Waals surface area contributed by atoms with E-state index in [1.807, 2.05) is 0 Å². The molecular formula is C15H26N4O2. The molecule has 0 rings (SSSR count). The van der Waals surface area contributed by atoms with Gasteiger partial charge >= 0.3 is 0 Å². The Hall–Kier alpha value is -2.24. The largest absolute Gasteiger partial charge is 0.383 e. The summed E-state index contributed by atoms with van der Waals surface area (Å²) in [7, 11) is 1.74. The molecule has 0 spiro atoms. The smallest absolute Gasteiger partial charge is 0.246 e. The monoisotopic (exact) mass is 294 g/mol. The molecule has 0 bridgehead atoms. The summed E-state index contributed by atoms with van der Waals surface area (Å²) in [6, 6.07) is -0.383. The van der Waals surface area contributed by atoms with Crippen LogP contribution < -0.4 is 16.0 Å². The molecule has 0 aromatic carbocycles. The lowest BCUT2D eigenvalue weighted by atomic mass is 10.2. The van der Waals surface area contributed by atoms with Gasteiger partial charge in [0.25, 0.3) is 0 Å². The van der Waals surface area contributed by atoms with E-state index in [1.165, 1.54) is 6.20 Å². The van der Waals surface area contributed by atoms with Crippen LogP contribution in [0.5, 0.6) is 0 Å². The molecule has 1 atom stereocenters. The average molecular weight is 294 g/mol. The maximum Gasteiger partial charge on any atom is 0.246 e. The summed E-state index contributed by atoms with van der Waals surface area (Å²) < 4.78 is 0. The fraction of sp³-hybridized carbons (Fsp3) is 0.467. The van der Waals surface area contributed by atoms with Gasteiger partial charge in [-0.1, -0.05) is 19.7 Å². The van der Waals surface area contributed by atoms with E-state index in [-0.39, 0.29) is 11.9 Å². The molecule has 6 heteroatoms. The normalized spacial score (nSPS) is 11.0. The third-order valence-electron chi connectivity index (χ3n) is 2.78. The van der Waals surface area contributed by atoms with Crippen LogP contribution >= 0.6 is 0 Å². The van der Waals surface area contributed by atoms with Crippen LogP contribution in [-0.4, -0.2) is 43.4 Å². The van der Waals surface area contributed by atoms with Crippen molar-refractivity contribution in [3.8, 4) is 0 Å². The van der Waals surface area contributed by atoms with E-state index < -0.39 is 0 Å². The van der Waals surface area contributed by atoms with Gasteiger partial charge in [0.2, 0.25) is 12.3 Å². The Kier molecular flexibility index (Phi) is 9.41. The van der Waals surface area contributed by atoms with Gasteiger partial charge in [0.15, 0.2) is 0 Å². The second-order valence-electron chi connectivity index (χ2n) is 4.83. The summed E-state index contributed by atoms with van der Waals surface area (Å²) in [5.41, 5.74) is 1.58. The van der Waals surface area contributed by atoms with Gasteiger partial charge in [-0.2, -0.15) is 0 Å². The molecule has 118 valence electrons. The molecule has 0 aromatic heterocycles. The summed E-state index contributed by atoms with van der Waals surface area (Å²) in [6.07, 6.45) is 3.77. The highest BCUT2D eigenvalue weighted by Gasteiger charge is 2.11. The lowest BCUT2D eigenvalue weighted by Crippen LogP contribution is -2.41. The molecule has 0 saturated carbocycles. The zero-order chi connectivity index (χ0) is 16.3. The van der Waals surface area contributed by atoms with Crippen LogP contribution in [0.4, 0.5) is 0 Å². The highest BCUT2D eigenvalue weighted by molar-refractivity contribution is 5.82. The Bertz CT molecular complexity index is 393. The van der Waals surface area contributed by atoms with E-state index in [2.05, 4.69) is 35.7 Å². The minimum absolute atomic E-state index is 0.165. The van der Waals surface area contributed by atoms with Crippen molar-refractivity contribution in [2.24, 2.45) is 0 Å². The second-order valence-corrected chi connectivity index (χ2v) is 4.83. The number of carbonyl (C=O) groups excluding carboxylic acids is 2. The zero-order valence-electron chi connectivity index (χ0n) is 12.9. The molecular weight excluding hydrogens is 268 g/mol. The second kappa shape index (κ2) is 10.5. The molecule has 6 nitrogen and oxygen atoms in total. The van der Waals surface area contributed by atoms with Gasteiger partial charge < -0.3 is 20.9 Å². The van der Waals surface area contributed by atoms with E-state index in [4.69, 9.17) is 0 Å². The number of hydrogen-bond donors (Lipinski definition) is 3. The number of rotatable bonds is 12. The maximum absolute atomic E-state index is 11.5. The van der Waals surface area contributed by atoms with Gasteiger partial charge in [-0.3, -0.25) is 9.59 Å². The van der Waals surface area contributed by atoms with E-state index in [1.54, 1.807) is 18.9 Å². The third kappa shape index (κ3) is 9.32. The minimum Gasteiger partial charge on any atom is -0.383 e. The Morgan fingerprint density at radius 1 is 1.33 bits per heavy atom. The number of nitrogens with one attached hydrogen (secondary N) is 3. The first-order chi connectivity index (χ1) is 9.90. The molecule has 0 aliphatic rings. The quantitative estimate of drug-likeness (QED) is 0.464. The SMILES string of the molecule is C=CNC(=O)C(C)NC(=C)CNC(=C)CCCN(C)C=O. The molecule has 0 aromatic rings. The fourth-order valence-corrected chi connectivity index (χ4v) is 1.56. The highest BCUT2D eigenvalue weighted by Crippen LogP contribution is 2.00. The van der Waals surface area contributed by atoms with Crippen LogP contribution in [0.15, 0.2) is 37.3 Å². The van der Waals surface area contributed by atoms with Crippen molar-refractivity contribution in [2.75, 3.05) is 20.1 Å². The molecule has 0 aliphatic carbocycles. The first-order valence-electron chi connectivity index (χ1n) is 6.83. The number of carbonyl (C=O) groups is 2. The van der Waals surface area contributed by atoms with Crippen molar-refractivity contribution in [3.63, 3.8) is 0 Å². The van der Waals surface area contributed by atoms with Crippen molar-refractivity contribution < 1.29 is 9.59 Å². The van der Waals surface area contributed by atoms with Gasteiger partial charge in [-0.05, 0) is 26.0 Å². The van der Waals surface area contributed by atoms with Crippen molar-refractivity contribution in [3.05, 3.63) is 37.3 Å². The Labute approximate surface area is 127 Å². The summed E-state index contributed by atoms with van der Waals surface area (Å²) in [5.74, 6) is -0.165. The molecule has 0 fully saturated rings. The van der Waals surface area contributed by atoms with Crippen LogP contribution in [0.3, 0.4) is 0 Å². The molecule has 0 radical (unpaired) electrons. The summed E-state index contributed by atoms with van der Waals surface area (Å²) in [5, 5.41) is 8.64. The van der Waals surface area contributed by atoms with E-state index >= 15 is 0 Å². The topological polar surface area (TPSA) is 73.5 Å². The third-order valence-corrected chi connectivity index (χ3v) is 2.78. The van der Waals surface area contributed by atoms with Gasteiger partial charge in [0, 0.05) is 25.0 Å². The predicted molar refractivity (Wildman–Crippen MR) is 85.1 cm³/mol. The van der Waals surface area contributed by atoms with Gasteiger partial charge in [-0.25, -0.2) is 0 Å². The number of allylic oxidation sites excluding steroid dienone is 1.